The van der Waals surface area contributed by atoms with Crippen molar-refractivity contribution in [3.8, 4) is 0 Å². The summed E-state index contributed by atoms with van der Waals surface area (Å²) < 4.78 is 13.0. The van der Waals surface area contributed by atoms with Crippen molar-refractivity contribution in [2.75, 3.05) is 11.9 Å². The van der Waals surface area contributed by atoms with E-state index in [1.807, 2.05) is 20.8 Å². The minimum atomic E-state index is -0.764. The molecule has 0 bridgehead atoms. The fourth-order valence-electron chi connectivity index (χ4n) is 2.29. The normalized spacial score (nSPS) is 11.1. The number of anilines is 1. The molecule has 0 spiro atoms. The van der Waals surface area contributed by atoms with E-state index < -0.39 is 17.2 Å². The van der Waals surface area contributed by atoms with Gasteiger partial charge < -0.3 is 10.6 Å². The smallest absolute Gasteiger partial charge is 0.313 e. The fourth-order valence-corrected chi connectivity index (χ4v) is 2.46. The molecule has 0 aliphatic heterocycles. The minimum absolute atomic E-state index is 0.236. The van der Waals surface area contributed by atoms with Gasteiger partial charge in [0.15, 0.2) is 0 Å². The lowest BCUT2D eigenvalue weighted by Crippen LogP contribution is -2.42. The highest BCUT2D eigenvalue weighted by Gasteiger charge is 2.23. The Hall–Kier alpha value is -2.40. The Kier molecular flexibility index (Phi) is 5.80. The molecule has 2 rings (SSSR count). The van der Waals surface area contributed by atoms with Gasteiger partial charge in [0.2, 0.25) is 0 Å². The van der Waals surface area contributed by atoms with E-state index >= 15 is 0 Å². The molecule has 2 aromatic rings. The van der Waals surface area contributed by atoms with E-state index in [2.05, 4.69) is 10.6 Å². The van der Waals surface area contributed by atoms with Crippen molar-refractivity contribution in [3.63, 3.8) is 0 Å². The molecule has 0 atom stereocenters. The number of aryl methyl sites for hydroxylation is 1. The van der Waals surface area contributed by atoms with E-state index in [-0.39, 0.29) is 12.4 Å². The van der Waals surface area contributed by atoms with Crippen LogP contribution < -0.4 is 10.6 Å². The molecule has 6 heteroatoms. The molecule has 0 saturated heterocycles. The molecule has 0 fully saturated rings. The number of nitrogens with one attached hydrogen (secondary N) is 2. The second kappa shape index (κ2) is 7.66. The van der Waals surface area contributed by atoms with Crippen LogP contribution in [0.2, 0.25) is 5.02 Å². The number of halogens is 2. The molecule has 25 heavy (non-hydrogen) atoms. The SMILES string of the molecule is Cc1ccc(Cl)cc1NC(=O)C(=O)NCC(C)(C)c1ccc(F)cc1. The van der Waals surface area contributed by atoms with Crippen molar-refractivity contribution in [1.82, 2.24) is 5.32 Å². The van der Waals surface area contributed by atoms with Crippen molar-refractivity contribution in [2.24, 2.45) is 0 Å². The van der Waals surface area contributed by atoms with Gasteiger partial charge in [0.1, 0.15) is 5.82 Å². The molecule has 2 amide bonds. The number of hydrogen-bond acceptors (Lipinski definition) is 2. The van der Waals surface area contributed by atoms with Gasteiger partial charge in [-0.1, -0.05) is 43.6 Å². The van der Waals surface area contributed by atoms with Crippen molar-refractivity contribution in [1.29, 1.82) is 0 Å². The van der Waals surface area contributed by atoms with Crippen LogP contribution in [0.4, 0.5) is 10.1 Å². The van der Waals surface area contributed by atoms with Gasteiger partial charge in [-0.15, -0.1) is 0 Å². The van der Waals surface area contributed by atoms with E-state index in [1.165, 1.54) is 12.1 Å². The highest BCUT2D eigenvalue weighted by molar-refractivity contribution is 6.40. The lowest BCUT2D eigenvalue weighted by atomic mass is 9.84. The topological polar surface area (TPSA) is 58.2 Å². The molecule has 2 aromatic carbocycles. The van der Waals surface area contributed by atoms with Gasteiger partial charge in [-0.05, 0) is 42.3 Å². The predicted octanol–water partition coefficient (Wildman–Crippen LogP) is 3.82. The molecule has 0 aliphatic rings. The third-order valence-corrected chi connectivity index (χ3v) is 4.21. The first-order valence-electron chi connectivity index (χ1n) is 7.80. The summed E-state index contributed by atoms with van der Waals surface area (Å²) in [4.78, 5) is 24.1. The van der Waals surface area contributed by atoms with Gasteiger partial charge in [0.05, 0.1) is 0 Å². The number of carbonyl (C=O) groups excluding carboxylic acids is 2. The van der Waals surface area contributed by atoms with E-state index in [0.717, 1.165) is 11.1 Å². The molecule has 132 valence electrons. The Morgan fingerprint density at radius 2 is 1.72 bits per heavy atom. The van der Waals surface area contributed by atoms with Crippen LogP contribution in [0.5, 0.6) is 0 Å². The lowest BCUT2D eigenvalue weighted by Gasteiger charge is -2.25. The third kappa shape index (κ3) is 5.03. The zero-order valence-corrected chi connectivity index (χ0v) is 15.1. The van der Waals surface area contributed by atoms with Crippen LogP contribution in [0.25, 0.3) is 0 Å². The number of amides is 2. The van der Waals surface area contributed by atoms with Crippen molar-refractivity contribution >= 4 is 29.1 Å². The summed E-state index contributed by atoms with van der Waals surface area (Å²) in [5.74, 6) is -1.82. The summed E-state index contributed by atoms with van der Waals surface area (Å²) in [6.07, 6.45) is 0. The van der Waals surface area contributed by atoms with Crippen LogP contribution >= 0.6 is 11.6 Å². The zero-order chi connectivity index (χ0) is 18.6. The van der Waals surface area contributed by atoms with Gasteiger partial charge in [-0.25, -0.2) is 4.39 Å². The van der Waals surface area contributed by atoms with E-state index in [1.54, 1.807) is 30.3 Å². The third-order valence-electron chi connectivity index (χ3n) is 3.97. The van der Waals surface area contributed by atoms with Gasteiger partial charge in [0, 0.05) is 22.7 Å². The van der Waals surface area contributed by atoms with Crippen LogP contribution in [0.3, 0.4) is 0 Å². The molecule has 0 aliphatic carbocycles. The van der Waals surface area contributed by atoms with Gasteiger partial charge in [-0.2, -0.15) is 0 Å². The largest absolute Gasteiger partial charge is 0.347 e. The van der Waals surface area contributed by atoms with E-state index in [4.69, 9.17) is 11.6 Å². The number of rotatable bonds is 4. The van der Waals surface area contributed by atoms with Crippen molar-refractivity contribution < 1.29 is 14.0 Å². The quantitative estimate of drug-likeness (QED) is 0.812. The summed E-state index contributed by atoms with van der Waals surface area (Å²) in [5.41, 5.74) is 1.71. The van der Waals surface area contributed by atoms with Gasteiger partial charge >= 0.3 is 11.8 Å². The van der Waals surface area contributed by atoms with Crippen LogP contribution in [0.15, 0.2) is 42.5 Å². The maximum absolute atomic E-state index is 13.0. The Morgan fingerprint density at radius 1 is 1.08 bits per heavy atom. The molecule has 0 unspecified atom stereocenters. The molecule has 0 saturated carbocycles. The first-order chi connectivity index (χ1) is 11.7. The Labute approximate surface area is 151 Å². The molecular weight excluding hydrogens is 343 g/mol. The lowest BCUT2D eigenvalue weighted by molar-refractivity contribution is -0.136. The first-order valence-corrected chi connectivity index (χ1v) is 8.18. The molecule has 4 nitrogen and oxygen atoms in total. The van der Waals surface area contributed by atoms with E-state index in [0.29, 0.717) is 10.7 Å². The average molecular weight is 363 g/mol. The monoisotopic (exact) mass is 362 g/mol. The molecule has 0 heterocycles. The number of carbonyl (C=O) groups is 2. The summed E-state index contributed by atoms with van der Waals surface area (Å²) in [6.45, 7) is 5.85. The Balaban J connectivity index is 1.98. The highest BCUT2D eigenvalue weighted by Crippen LogP contribution is 2.23. The summed E-state index contributed by atoms with van der Waals surface area (Å²) in [6, 6.07) is 11.1. The highest BCUT2D eigenvalue weighted by atomic mass is 35.5. The van der Waals surface area contributed by atoms with E-state index in [9.17, 15) is 14.0 Å². The second-order valence-corrected chi connectivity index (χ2v) is 6.92. The van der Waals surface area contributed by atoms with Gasteiger partial charge in [-0.3, -0.25) is 9.59 Å². The van der Waals surface area contributed by atoms with Crippen LogP contribution in [0, 0.1) is 12.7 Å². The molecule has 0 aromatic heterocycles. The molecular formula is C19H20ClFN2O2. The van der Waals surface area contributed by atoms with Crippen LogP contribution in [-0.2, 0) is 15.0 Å². The predicted molar refractivity (Wildman–Crippen MR) is 97.3 cm³/mol. The van der Waals surface area contributed by atoms with Crippen molar-refractivity contribution in [3.05, 3.63) is 64.4 Å². The van der Waals surface area contributed by atoms with Gasteiger partial charge in [0.25, 0.3) is 0 Å². The maximum Gasteiger partial charge on any atom is 0.313 e. The average Bonchev–Trinajstić information content (AvgIpc) is 2.56. The van der Waals surface area contributed by atoms with Crippen molar-refractivity contribution in [2.45, 2.75) is 26.2 Å². The van der Waals surface area contributed by atoms with Crippen LogP contribution in [-0.4, -0.2) is 18.4 Å². The summed E-state index contributed by atoms with van der Waals surface area (Å²) >= 11 is 5.90. The molecule has 0 radical (unpaired) electrons. The maximum atomic E-state index is 13.0. The Bertz CT molecular complexity index is 789. The first kappa shape index (κ1) is 18.9. The number of benzene rings is 2. The minimum Gasteiger partial charge on any atom is -0.347 e. The summed E-state index contributed by atoms with van der Waals surface area (Å²) in [7, 11) is 0. The number of hydrogen-bond donors (Lipinski definition) is 2. The second-order valence-electron chi connectivity index (χ2n) is 6.49. The Morgan fingerprint density at radius 3 is 2.36 bits per heavy atom. The fraction of sp³-hybridized carbons (Fsp3) is 0.263. The van der Waals surface area contributed by atoms with Crippen LogP contribution in [0.1, 0.15) is 25.0 Å². The summed E-state index contributed by atoms with van der Waals surface area (Å²) in [5, 5.41) is 5.63. The zero-order valence-electron chi connectivity index (χ0n) is 14.3. The standard InChI is InChI=1S/C19H20ClFN2O2/c1-12-4-7-14(20)10-16(12)23-18(25)17(24)22-11-19(2,3)13-5-8-15(21)9-6-13/h4-10H,11H2,1-3H3,(H,22,24)(H,23,25). The molecule has 2 N–H and O–H groups in total.